The topological polar surface area (TPSA) is 74.8 Å². The Bertz CT molecular complexity index is 867. The van der Waals surface area contributed by atoms with Crippen molar-refractivity contribution in [1.82, 2.24) is 15.2 Å². The number of benzene rings is 1. The Morgan fingerprint density at radius 1 is 1.07 bits per heavy atom. The highest BCUT2D eigenvalue weighted by Gasteiger charge is 2.31. The minimum Gasteiger partial charge on any atom is -0.406 e. The van der Waals surface area contributed by atoms with Gasteiger partial charge in [0.1, 0.15) is 17.6 Å². The number of piperazine rings is 1. The van der Waals surface area contributed by atoms with E-state index in [1.807, 2.05) is 18.2 Å². The largest absolute Gasteiger partial charge is 0.573 e. The van der Waals surface area contributed by atoms with Crippen molar-refractivity contribution in [2.75, 3.05) is 31.1 Å². The molecule has 2 amide bonds. The highest BCUT2D eigenvalue weighted by atomic mass is 19.4. The molecule has 0 spiro atoms. The van der Waals surface area contributed by atoms with Crippen LogP contribution >= 0.6 is 0 Å². The summed E-state index contributed by atoms with van der Waals surface area (Å²) in [6.07, 6.45) is -3.09. The SMILES string of the molecule is CC(NC(=O)c1ccc(OC(F)(F)F)cc1)C(=O)N1CCN(c2ccccn2)CC1. The van der Waals surface area contributed by atoms with Crippen LogP contribution < -0.4 is 15.0 Å². The van der Waals surface area contributed by atoms with E-state index in [0.717, 1.165) is 18.0 Å². The average molecular weight is 422 g/mol. The van der Waals surface area contributed by atoms with Gasteiger partial charge in [0, 0.05) is 37.9 Å². The van der Waals surface area contributed by atoms with E-state index in [4.69, 9.17) is 0 Å². The van der Waals surface area contributed by atoms with Crippen molar-refractivity contribution in [3.8, 4) is 5.75 Å². The fraction of sp³-hybridized carbons (Fsp3) is 0.350. The van der Waals surface area contributed by atoms with Crippen molar-refractivity contribution >= 4 is 17.6 Å². The normalized spacial score (nSPS) is 15.5. The van der Waals surface area contributed by atoms with Gasteiger partial charge in [0.2, 0.25) is 5.91 Å². The summed E-state index contributed by atoms with van der Waals surface area (Å²) in [6, 6.07) is 9.38. The van der Waals surface area contributed by atoms with Gasteiger partial charge in [0.05, 0.1) is 0 Å². The Balaban J connectivity index is 1.51. The summed E-state index contributed by atoms with van der Waals surface area (Å²) in [4.78, 5) is 33.0. The highest BCUT2D eigenvalue weighted by molar-refractivity contribution is 5.97. The molecule has 1 unspecified atom stereocenters. The molecule has 0 bridgehead atoms. The van der Waals surface area contributed by atoms with Gasteiger partial charge in [0.15, 0.2) is 0 Å². The zero-order valence-corrected chi connectivity index (χ0v) is 16.2. The van der Waals surface area contributed by atoms with Gasteiger partial charge >= 0.3 is 6.36 Å². The van der Waals surface area contributed by atoms with Crippen LogP contribution in [0.25, 0.3) is 0 Å². The number of halogens is 3. The van der Waals surface area contributed by atoms with Crippen LogP contribution in [-0.4, -0.2) is 60.3 Å². The monoisotopic (exact) mass is 422 g/mol. The third-order valence-corrected chi connectivity index (χ3v) is 4.63. The first-order valence-corrected chi connectivity index (χ1v) is 9.34. The molecule has 3 rings (SSSR count). The zero-order chi connectivity index (χ0) is 21.7. The van der Waals surface area contributed by atoms with Crippen molar-refractivity contribution < 1.29 is 27.5 Å². The summed E-state index contributed by atoms with van der Waals surface area (Å²) < 4.78 is 40.4. The molecule has 1 atom stereocenters. The zero-order valence-electron chi connectivity index (χ0n) is 16.2. The molecule has 0 radical (unpaired) electrons. The van der Waals surface area contributed by atoms with Gasteiger partial charge in [-0.2, -0.15) is 0 Å². The Hall–Kier alpha value is -3.30. The molecule has 1 fully saturated rings. The summed E-state index contributed by atoms with van der Waals surface area (Å²) in [7, 11) is 0. The molecule has 1 aromatic carbocycles. The quantitative estimate of drug-likeness (QED) is 0.801. The molecule has 0 aliphatic carbocycles. The van der Waals surface area contributed by atoms with E-state index in [0.29, 0.717) is 26.2 Å². The molecular formula is C20H21F3N4O3. The molecule has 2 heterocycles. The lowest BCUT2D eigenvalue weighted by molar-refractivity contribution is -0.274. The predicted octanol–water partition coefficient (Wildman–Crippen LogP) is 2.45. The minimum absolute atomic E-state index is 0.129. The van der Waals surface area contributed by atoms with Gasteiger partial charge in [0.25, 0.3) is 5.91 Å². The fourth-order valence-electron chi connectivity index (χ4n) is 3.12. The third-order valence-electron chi connectivity index (χ3n) is 4.63. The Morgan fingerprint density at radius 3 is 2.30 bits per heavy atom. The molecular weight excluding hydrogens is 401 g/mol. The molecule has 10 heteroatoms. The number of hydrogen-bond acceptors (Lipinski definition) is 5. The number of pyridine rings is 1. The van der Waals surface area contributed by atoms with E-state index in [9.17, 15) is 22.8 Å². The van der Waals surface area contributed by atoms with Gasteiger partial charge in [-0.1, -0.05) is 6.07 Å². The van der Waals surface area contributed by atoms with E-state index < -0.39 is 24.1 Å². The molecule has 7 nitrogen and oxygen atoms in total. The van der Waals surface area contributed by atoms with Crippen LogP contribution in [0.3, 0.4) is 0 Å². The Labute approximate surface area is 171 Å². The van der Waals surface area contributed by atoms with E-state index in [-0.39, 0.29) is 11.5 Å². The second-order valence-corrected chi connectivity index (χ2v) is 6.77. The summed E-state index contributed by atoms with van der Waals surface area (Å²) in [6.45, 7) is 3.83. The number of carbonyl (C=O) groups excluding carboxylic acids is 2. The maximum atomic E-state index is 12.7. The number of alkyl halides is 3. The minimum atomic E-state index is -4.80. The van der Waals surface area contributed by atoms with Gasteiger partial charge in [-0.3, -0.25) is 9.59 Å². The van der Waals surface area contributed by atoms with Crippen LogP contribution in [0.1, 0.15) is 17.3 Å². The summed E-state index contributed by atoms with van der Waals surface area (Å²) in [5, 5.41) is 2.58. The first-order chi connectivity index (χ1) is 14.2. The molecule has 30 heavy (non-hydrogen) atoms. The molecule has 1 N–H and O–H groups in total. The van der Waals surface area contributed by atoms with E-state index in [1.54, 1.807) is 18.0 Å². The Morgan fingerprint density at radius 2 is 1.73 bits per heavy atom. The smallest absolute Gasteiger partial charge is 0.406 e. The molecule has 1 saturated heterocycles. The number of ether oxygens (including phenoxy) is 1. The lowest BCUT2D eigenvalue weighted by Gasteiger charge is -2.36. The van der Waals surface area contributed by atoms with Crippen LogP contribution in [0.15, 0.2) is 48.7 Å². The number of amides is 2. The third kappa shape index (κ3) is 5.62. The standard InChI is InChI=1S/C20H21F3N4O3/c1-14(25-18(28)15-5-7-16(8-6-15)30-20(21,22)23)19(29)27-12-10-26(11-13-27)17-4-2-3-9-24-17/h2-9,14H,10-13H2,1H3,(H,25,28). The van der Waals surface area contributed by atoms with Gasteiger partial charge in [-0.15, -0.1) is 13.2 Å². The van der Waals surface area contributed by atoms with Crippen LogP contribution in [0, 0.1) is 0 Å². The molecule has 160 valence electrons. The van der Waals surface area contributed by atoms with Crippen molar-refractivity contribution in [3.05, 3.63) is 54.2 Å². The maximum absolute atomic E-state index is 12.7. The van der Waals surface area contributed by atoms with E-state index >= 15 is 0 Å². The summed E-state index contributed by atoms with van der Waals surface area (Å²) >= 11 is 0. The van der Waals surface area contributed by atoms with Gasteiger partial charge in [-0.25, -0.2) is 4.98 Å². The van der Waals surface area contributed by atoms with Crippen molar-refractivity contribution in [1.29, 1.82) is 0 Å². The molecule has 1 aliphatic heterocycles. The van der Waals surface area contributed by atoms with Crippen molar-refractivity contribution in [3.63, 3.8) is 0 Å². The summed E-state index contributed by atoms with van der Waals surface area (Å²) in [5.74, 6) is -0.347. The second kappa shape index (κ2) is 9.02. The van der Waals surface area contributed by atoms with E-state index in [1.165, 1.54) is 12.1 Å². The van der Waals surface area contributed by atoms with Gasteiger partial charge in [-0.05, 0) is 43.3 Å². The second-order valence-electron chi connectivity index (χ2n) is 6.77. The van der Waals surface area contributed by atoms with Crippen molar-refractivity contribution in [2.24, 2.45) is 0 Å². The number of nitrogens with zero attached hydrogens (tertiary/aromatic N) is 3. The fourth-order valence-corrected chi connectivity index (χ4v) is 3.12. The maximum Gasteiger partial charge on any atom is 0.573 e. The van der Waals surface area contributed by atoms with Crippen LogP contribution in [0.2, 0.25) is 0 Å². The predicted molar refractivity (Wildman–Crippen MR) is 103 cm³/mol. The Kier molecular flexibility index (Phi) is 6.43. The number of anilines is 1. The first-order valence-electron chi connectivity index (χ1n) is 9.34. The number of rotatable bonds is 5. The molecule has 1 aliphatic rings. The number of aromatic nitrogens is 1. The highest BCUT2D eigenvalue weighted by Crippen LogP contribution is 2.22. The lowest BCUT2D eigenvalue weighted by atomic mass is 10.1. The van der Waals surface area contributed by atoms with Gasteiger partial charge < -0.3 is 19.9 Å². The first kappa shape index (κ1) is 21.4. The van der Waals surface area contributed by atoms with Crippen LogP contribution in [0.4, 0.5) is 19.0 Å². The van der Waals surface area contributed by atoms with Crippen LogP contribution in [-0.2, 0) is 4.79 Å². The van der Waals surface area contributed by atoms with E-state index in [2.05, 4.69) is 19.9 Å². The molecule has 2 aromatic rings. The van der Waals surface area contributed by atoms with Crippen LogP contribution in [0.5, 0.6) is 5.75 Å². The molecule has 0 saturated carbocycles. The number of nitrogens with one attached hydrogen (secondary N) is 1. The lowest BCUT2D eigenvalue weighted by Crippen LogP contribution is -2.54. The molecule has 1 aromatic heterocycles. The summed E-state index contributed by atoms with van der Waals surface area (Å²) in [5.41, 5.74) is 0.129. The number of hydrogen-bond donors (Lipinski definition) is 1. The number of carbonyl (C=O) groups is 2. The van der Waals surface area contributed by atoms with Crippen molar-refractivity contribution in [2.45, 2.75) is 19.3 Å². The average Bonchev–Trinajstić information content (AvgIpc) is 2.73.